The molecule has 2 rings (SSSR count). The Morgan fingerprint density at radius 2 is 2.00 bits per heavy atom. The molecule has 0 saturated carbocycles. The van der Waals surface area contributed by atoms with E-state index in [1.807, 2.05) is 0 Å². The van der Waals surface area contributed by atoms with E-state index in [0.717, 1.165) is 32.5 Å². The van der Waals surface area contributed by atoms with Gasteiger partial charge in [0, 0.05) is 31.4 Å². The number of benzene rings is 1. The highest BCUT2D eigenvalue weighted by atomic mass is 16.5. The molecule has 4 nitrogen and oxygen atoms in total. The third kappa shape index (κ3) is 4.99. The number of hydrogen-bond donors (Lipinski definition) is 2. The Morgan fingerprint density at radius 3 is 2.67 bits per heavy atom. The Kier molecular flexibility index (Phi) is 6.49. The second-order valence-electron chi connectivity index (χ2n) is 5.95. The van der Waals surface area contributed by atoms with E-state index in [1.54, 1.807) is 0 Å². The molecule has 1 aromatic rings. The predicted molar refractivity (Wildman–Crippen MR) is 86.7 cm³/mol. The molecule has 0 aliphatic carbocycles. The van der Waals surface area contributed by atoms with Crippen molar-refractivity contribution in [1.82, 2.24) is 5.32 Å². The molecule has 1 fully saturated rings. The molecule has 0 atom stereocenters. The lowest BCUT2D eigenvalue weighted by Gasteiger charge is -2.34. The molecule has 0 radical (unpaired) electrons. The summed E-state index contributed by atoms with van der Waals surface area (Å²) in [6.45, 7) is 7.88. The fourth-order valence-electron chi connectivity index (χ4n) is 2.77. The zero-order valence-electron chi connectivity index (χ0n) is 13.2. The molecule has 1 heterocycles. The fraction of sp³-hybridized carbons (Fsp3) is 0.647. The average molecular weight is 292 g/mol. The Balaban J connectivity index is 1.93. The van der Waals surface area contributed by atoms with Crippen molar-refractivity contribution in [3.05, 3.63) is 29.8 Å². The van der Waals surface area contributed by atoms with Crippen LogP contribution in [0, 0.1) is 0 Å². The normalized spacial score (nSPS) is 16.7. The van der Waals surface area contributed by atoms with Crippen LogP contribution in [-0.4, -0.2) is 43.6 Å². The molecule has 1 saturated heterocycles. The number of para-hydroxylation sites is 1. The van der Waals surface area contributed by atoms with Gasteiger partial charge in [0.1, 0.15) is 0 Å². The minimum atomic E-state index is 0.115. The first-order chi connectivity index (χ1) is 10.2. The standard InChI is InChI=1S/C17H28N2O2/c1-14(2)18-13-15-5-3-4-6-17(15)19-9-7-16(8-10-19)21-12-11-20/h3-6,14,16,18,20H,7-13H2,1-2H3. The number of rotatable bonds is 7. The van der Waals surface area contributed by atoms with E-state index in [-0.39, 0.29) is 6.61 Å². The van der Waals surface area contributed by atoms with Crippen molar-refractivity contribution in [2.24, 2.45) is 0 Å². The summed E-state index contributed by atoms with van der Waals surface area (Å²) in [5, 5.41) is 12.3. The van der Waals surface area contributed by atoms with Gasteiger partial charge in [-0.3, -0.25) is 0 Å². The quantitative estimate of drug-likeness (QED) is 0.808. The number of nitrogens with zero attached hydrogens (tertiary/aromatic N) is 1. The molecule has 0 bridgehead atoms. The highest BCUT2D eigenvalue weighted by Gasteiger charge is 2.21. The van der Waals surface area contributed by atoms with Gasteiger partial charge < -0.3 is 20.1 Å². The molecule has 118 valence electrons. The summed E-state index contributed by atoms with van der Waals surface area (Å²) in [4.78, 5) is 2.45. The Bertz CT molecular complexity index is 415. The van der Waals surface area contributed by atoms with E-state index in [0.29, 0.717) is 18.8 Å². The molecule has 1 aliphatic heterocycles. The van der Waals surface area contributed by atoms with E-state index in [1.165, 1.54) is 11.3 Å². The van der Waals surface area contributed by atoms with Crippen LogP contribution in [0.4, 0.5) is 5.69 Å². The average Bonchev–Trinajstić information content (AvgIpc) is 2.52. The molecule has 1 aliphatic rings. The summed E-state index contributed by atoms with van der Waals surface area (Å²) in [6, 6.07) is 9.14. The third-order valence-electron chi connectivity index (χ3n) is 3.92. The molecule has 21 heavy (non-hydrogen) atoms. The molecular weight excluding hydrogens is 264 g/mol. The fourth-order valence-corrected chi connectivity index (χ4v) is 2.77. The van der Waals surface area contributed by atoms with Crippen LogP contribution in [0.25, 0.3) is 0 Å². The number of hydrogen-bond acceptors (Lipinski definition) is 4. The van der Waals surface area contributed by atoms with Crippen LogP contribution in [0.5, 0.6) is 0 Å². The van der Waals surface area contributed by atoms with Gasteiger partial charge in [-0.1, -0.05) is 32.0 Å². The summed E-state index contributed by atoms with van der Waals surface area (Å²) < 4.78 is 5.64. The molecular formula is C17H28N2O2. The van der Waals surface area contributed by atoms with Crippen molar-refractivity contribution in [2.45, 2.75) is 45.4 Å². The number of piperidine rings is 1. The number of aliphatic hydroxyl groups is 1. The van der Waals surface area contributed by atoms with Crippen molar-refractivity contribution in [1.29, 1.82) is 0 Å². The van der Waals surface area contributed by atoms with Gasteiger partial charge >= 0.3 is 0 Å². The van der Waals surface area contributed by atoms with Gasteiger partial charge in [0.2, 0.25) is 0 Å². The minimum absolute atomic E-state index is 0.115. The van der Waals surface area contributed by atoms with Crippen molar-refractivity contribution in [3.63, 3.8) is 0 Å². The maximum atomic E-state index is 8.82. The maximum Gasteiger partial charge on any atom is 0.0701 e. The second-order valence-corrected chi connectivity index (χ2v) is 5.95. The summed E-state index contributed by atoms with van der Waals surface area (Å²) in [6.07, 6.45) is 2.37. The van der Waals surface area contributed by atoms with Crippen LogP contribution in [0.2, 0.25) is 0 Å². The van der Waals surface area contributed by atoms with E-state index >= 15 is 0 Å². The number of anilines is 1. The largest absolute Gasteiger partial charge is 0.394 e. The molecule has 0 spiro atoms. The lowest BCUT2D eigenvalue weighted by Crippen LogP contribution is -2.38. The molecule has 0 amide bonds. The Morgan fingerprint density at radius 1 is 1.29 bits per heavy atom. The minimum Gasteiger partial charge on any atom is -0.394 e. The second kappa shape index (κ2) is 8.37. The molecule has 4 heteroatoms. The van der Waals surface area contributed by atoms with E-state index in [9.17, 15) is 0 Å². The molecule has 1 aromatic carbocycles. The van der Waals surface area contributed by atoms with E-state index < -0.39 is 0 Å². The molecule has 0 unspecified atom stereocenters. The SMILES string of the molecule is CC(C)NCc1ccccc1N1CCC(OCCO)CC1. The Hall–Kier alpha value is -1.10. The van der Waals surface area contributed by atoms with Gasteiger partial charge in [0.25, 0.3) is 0 Å². The summed E-state index contributed by atoms with van der Waals surface area (Å²) in [5.41, 5.74) is 2.70. The van der Waals surface area contributed by atoms with Gasteiger partial charge in [0.05, 0.1) is 19.3 Å². The lowest BCUT2D eigenvalue weighted by molar-refractivity contribution is 0.0159. The Labute approximate surface area is 128 Å². The number of nitrogens with one attached hydrogen (secondary N) is 1. The first-order valence-electron chi connectivity index (χ1n) is 7.99. The zero-order valence-corrected chi connectivity index (χ0v) is 13.2. The van der Waals surface area contributed by atoms with Gasteiger partial charge in [-0.15, -0.1) is 0 Å². The van der Waals surface area contributed by atoms with Crippen LogP contribution < -0.4 is 10.2 Å². The van der Waals surface area contributed by atoms with Crippen molar-refractivity contribution >= 4 is 5.69 Å². The van der Waals surface area contributed by atoms with Crippen LogP contribution >= 0.6 is 0 Å². The van der Waals surface area contributed by atoms with Gasteiger partial charge in [-0.05, 0) is 24.5 Å². The molecule has 2 N–H and O–H groups in total. The van der Waals surface area contributed by atoms with Crippen molar-refractivity contribution < 1.29 is 9.84 Å². The topological polar surface area (TPSA) is 44.7 Å². The number of aliphatic hydroxyl groups excluding tert-OH is 1. The summed E-state index contributed by atoms with van der Waals surface area (Å²) in [7, 11) is 0. The van der Waals surface area contributed by atoms with Gasteiger partial charge in [-0.25, -0.2) is 0 Å². The first kappa shape index (κ1) is 16.3. The van der Waals surface area contributed by atoms with Crippen LogP contribution in [0.3, 0.4) is 0 Å². The first-order valence-corrected chi connectivity index (χ1v) is 7.99. The summed E-state index contributed by atoms with van der Waals surface area (Å²) in [5.74, 6) is 0. The van der Waals surface area contributed by atoms with Crippen LogP contribution in [0.1, 0.15) is 32.3 Å². The van der Waals surface area contributed by atoms with E-state index in [4.69, 9.17) is 9.84 Å². The molecule has 0 aromatic heterocycles. The van der Waals surface area contributed by atoms with Crippen molar-refractivity contribution in [2.75, 3.05) is 31.2 Å². The predicted octanol–water partition coefficient (Wildman–Crippen LogP) is 2.16. The summed E-state index contributed by atoms with van der Waals surface area (Å²) >= 11 is 0. The van der Waals surface area contributed by atoms with Crippen LogP contribution in [-0.2, 0) is 11.3 Å². The highest BCUT2D eigenvalue weighted by Crippen LogP contribution is 2.25. The highest BCUT2D eigenvalue weighted by molar-refractivity contribution is 5.54. The smallest absolute Gasteiger partial charge is 0.0701 e. The number of ether oxygens (including phenoxy) is 1. The lowest BCUT2D eigenvalue weighted by atomic mass is 10.0. The van der Waals surface area contributed by atoms with Gasteiger partial charge in [-0.2, -0.15) is 0 Å². The van der Waals surface area contributed by atoms with Crippen molar-refractivity contribution in [3.8, 4) is 0 Å². The monoisotopic (exact) mass is 292 g/mol. The van der Waals surface area contributed by atoms with Crippen LogP contribution in [0.15, 0.2) is 24.3 Å². The van der Waals surface area contributed by atoms with Gasteiger partial charge in [0.15, 0.2) is 0 Å². The van der Waals surface area contributed by atoms with E-state index in [2.05, 4.69) is 48.3 Å². The maximum absolute atomic E-state index is 8.82. The third-order valence-corrected chi connectivity index (χ3v) is 3.92. The zero-order chi connectivity index (χ0) is 15.1.